The fraction of sp³-hybridized carbons (Fsp3) is 0.588. The van der Waals surface area contributed by atoms with E-state index in [0.717, 1.165) is 72.5 Å². The molecule has 2 aliphatic heterocycles. The third-order valence-electron chi connectivity index (χ3n) is 4.94. The maximum Gasteiger partial charge on any atom is 0.186 e. The minimum absolute atomic E-state index is 0.554. The number of benzene rings is 1. The minimum atomic E-state index is -0.554. The van der Waals surface area contributed by atoms with Crippen LogP contribution in [0, 0.1) is 0 Å². The molecule has 2 saturated heterocycles. The number of rotatable bonds is 3. The van der Waals surface area contributed by atoms with E-state index >= 15 is 0 Å². The highest BCUT2D eigenvalue weighted by Gasteiger charge is 2.33. The second kappa shape index (κ2) is 6.77. The summed E-state index contributed by atoms with van der Waals surface area (Å²) in [5.41, 5.74) is 0.466. The van der Waals surface area contributed by atoms with Crippen molar-refractivity contribution in [2.24, 2.45) is 0 Å². The number of aromatic nitrogens is 1. The molecule has 4 rings (SSSR count). The van der Waals surface area contributed by atoms with E-state index in [1.807, 2.05) is 18.2 Å². The van der Waals surface area contributed by atoms with Crippen LogP contribution in [0.15, 0.2) is 18.2 Å². The molecule has 1 atom stereocenters. The lowest BCUT2D eigenvalue weighted by Gasteiger charge is -2.29. The van der Waals surface area contributed by atoms with Crippen molar-refractivity contribution >= 4 is 38.3 Å². The third kappa shape index (κ3) is 3.53. The molecular formula is C17H23ClN4OS. The van der Waals surface area contributed by atoms with Gasteiger partial charge in [-0.05, 0) is 37.6 Å². The monoisotopic (exact) mass is 366 g/mol. The highest BCUT2D eigenvalue weighted by molar-refractivity contribution is 7.22. The van der Waals surface area contributed by atoms with Crippen molar-refractivity contribution < 1.29 is 5.11 Å². The fourth-order valence-corrected chi connectivity index (χ4v) is 4.92. The molecule has 1 aromatic carbocycles. The van der Waals surface area contributed by atoms with Crippen molar-refractivity contribution in [3.8, 4) is 0 Å². The quantitative estimate of drug-likeness (QED) is 0.872. The molecule has 0 aliphatic carbocycles. The smallest absolute Gasteiger partial charge is 0.186 e. The highest BCUT2D eigenvalue weighted by atomic mass is 35.5. The van der Waals surface area contributed by atoms with Crippen LogP contribution in [0.1, 0.15) is 12.8 Å². The van der Waals surface area contributed by atoms with Crippen molar-refractivity contribution in [1.29, 1.82) is 0 Å². The Morgan fingerprint density at radius 1 is 1.29 bits per heavy atom. The SMILES string of the molecule is OC1(CN2CCCN(c3nc4ccc(Cl)cc4s3)CC2)CCNC1. The van der Waals surface area contributed by atoms with Crippen molar-refractivity contribution in [3.05, 3.63) is 23.2 Å². The molecule has 0 bridgehead atoms. The molecule has 24 heavy (non-hydrogen) atoms. The van der Waals surface area contributed by atoms with Gasteiger partial charge in [-0.15, -0.1) is 0 Å². The second-order valence-corrected chi connectivity index (χ2v) is 8.32. The molecule has 1 unspecified atom stereocenters. The number of hydrogen-bond acceptors (Lipinski definition) is 6. The van der Waals surface area contributed by atoms with Gasteiger partial charge in [-0.25, -0.2) is 4.98 Å². The van der Waals surface area contributed by atoms with Gasteiger partial charge in [-0.3, -0.25) is 4.90 Å². The van der Waals surface area contributed by atoms with Crippen molar-refractivity contribution in [2.75, 3.05) is 50.7 Å². The summed E-state index contributed by atoms with van der Waals surface area (Å²) in [4.78, 5) is 9.54. The molecule has 5 nitrogen and oxygen atoms in total. The number of halogens is 1. The fourth-order valence-electron chi connectivity index (χ4n) is 3.62. The third-order valence-corrected chi connectivity index (χ3v) is 6.25. The first kappa shape index (κ1) is 16.5. The van der Waals surface area contributed by atoms with E-state index in [2.05, 4.69) is 15.1 Å². The normalized spacial score (nSPS) is 26.2. The molecule has 1 aromatic heterocycles. The minimum Gasteiger partial charge on any atom is -0.387 e. The van der Waals surface area contributed by atoms with Crippen LogP contribution in [0.4, 0.5) is 5.13 Å². The Morgan fingerprint density at radius 2 is 2.21 bits per heavy atom. The van der Waals surface area contributed by atoms with Gasteiger partial charge in [0.25, 0.3) is 0 Å². The van der Waals surface area contributed by atoms with Crippen LogP contribution in [0.2, 0.25) is 5.02 Å². The van der Waals surface area contributed by atoms with Crippen LogP contribution < -0.4 is 10.2 Å². The molecule has 0 amide bonds. The number of nitrogens with zero attached hydrogens (tertiary/aromatic N) is 3. The van der Waals surface area contributed by atoms with Gasteiger partial charge in [0, 0.05) is 44.3 Å². The molecule has 2 N–H and O–H groups in total. The molecular weight excluding hydrogens is 344 g/mol. The van der Waals surface area contributed by atoms with E-state index in [4.69, 9.17) is 16.6 Å². The van der Waals surface area contributed by atoms with E-state index in [1.54, 1.807) is 11.3 Å². The first-order valence-corrected chi connectivity index (χ1v) is 9.77. The lowest BCUT2D eigenvalue weighted by atomic mass is 10.0. The van der Waals surface area contributed by atoms with Gasteiger partial charge < -0.3 is 15.3 Å². The predicted octanol–water partition coefficient (Wildman–Crippen LogP) is 2.19. The number of fused-ring (bicyclic) bond motifs is 1. The van der Waals surface area contributed by atoms with Gasteiger partial charge in [0.15, 0.2) is 5.13 Å². The van der Waals surface area contributed by atoms with Crippen LogP contribution in [0.5, 0.6) is 0 Å². The van der Waals surface area contributed by atoms with Crippen LogP contribution in [0.25, 0.3) is 10.2 Å². The number of anilines is 1. The Morgan fingerprint density at radius 3 is 3.04 bits per heavy atom. The lowest BCUT2D eigenvalue weighted by Crippen LogP contribution is -2.45. The number of thiazole rings is 1. The van der Waals surface area contributed by atoms with E-state index in [9.17, 15) is 5.11 Å². The first-order chi connectivity index (χ1) is 11.6. The standard InChI is InChI=1S/C17H23ClN4OS/c18-13-2-3-14-15(10-13)24-16(20-14)22-7-1-6-21(8-9-22)12-17(23)4-5-19-11-17/h2-3,10,19,23H,1,4-9,11-12H2. The van der Waals surface area contributed by atoms with Gasteiger partial charge in [-0.1, -0.05) is 22.9 Å². The summed E-state index contributed by atoms with van der Waals surface area (Å²) in [6.45, 7) is 6.38. The summed E-state index contributed by atoms with van der Waals surface area (Å²) in [6.07, 6.45) is 1.95. The summed E-state index contributed by atoms with van der Waals surface area (Å²) >= 11 is 7.80. The Hall–Kier alpha value is -0.920. The van der Waals surface area contributed by atoms with Gasteiger partial charge in [0.2, 0.25) is 0 Å². The summed E-state index contributed by atoms with van der Waals surface area (Å²) < 4.78 is 1.14. The summed E-state index contributed by atoms with van der Waals surface area (Å²) in [5, 5.41) is 15.7. The van der Waals surface area contributed by atoms with E-state index in [-0.39, 0.29) is 0 Å². The van der Waals surface area contributed by atoms with Crippen LogP contribution in [0.3, 0.4) is 0 Å². The largest absolute Gasteiger partial charge is 0.387 e. The highest BCUT2D eigenvalue weighted by Crippen LogP contribution is 2.31. The molecule has 0 saturated carbocycles. The molecule has 2 aromatic rings. The molecule has 130 valence electrons. The van der Waals surface area contributed by atoms with Gasteiger partial charge in [0.1, 0.15) is 0 Å². The Labute approximate surface area is 151 Å². The Kier molecular flexibility index (Phi) is 4.66. The van der Waals surface area contributed by atoms with Crippen molar-refractivity contribution in [3.63, 3.8) is 0 Å². The summed E-state index contributed by atoms with van der Waals surface area (Å²) in [5.74, 6) is 0. The number of aliphatic hydroxyl groups is 1. The van der Waals surface area contributed by atoms with E-state index < -0.39 is 5.60 Å². The average Bonchev–Trinajstić information content (AvgIpc) is 3.09. The van der Waals surface area contributed by atoms with Crippen molar-refractivity contribution in [1.82, 2.24) is 15.2 Å². The summed E-state index contributed by atoms with van der Waals surface area (Å²) in [6, 6.07) is 5.88. The zero-order chi connectivity index (χ0) is 16.6. The van der Waals surface area contributed by atoms with Crippen LogP contribution in [-0.4, -0.2) is 66.4 Å². The molecule has 0 spiro atoms. The first-order valence-electron chi connectivity index (χ1n) is 8.58. The average molecular weight is 367 g/mol. The molecule has 0 radical (unpaired) electrons. The Bertz CT molecular complexity index is 716. The van der Waals surface area contributed by atoms with Crippen molar-refractivity contribution in [2.45, 2.75) is 18.4 Å². The number of hydrogen-bond donors (Lipinski definition) is 2. The second-order valence-electron chi connectivity index (χ2n) is 6.88. The lowest BCUT2D eigenvalue weighted by molar-refractivity contribution is 0.0228. The number of nitrogens with one attached hydrogen (secondary N) is 1. The zero-order valence-corrected chi connectivity index (χ0v) is 15.2. The molecule has 7 heteroatoms. The van der Waals surface area contributed by atoms with Gasteiger partial charge in [-0.2, -0.15) is 0 Å². The molecule has 3 heterocycles. The summed E-state index contributed by atoms with van der Waals surface area (Å²) in [7, 11) is 0. The maximum atomic E-state index is 10.6. The topological polar surface area (TPSA) is 51.6 Å². The van der Waals surface area contributed by atoms with Gasteiger partial charge in [0.05, 0.1) is 15.8 Å². The predicted molar refractivity (Wildman–Crippen MR) is 100 cm³/mol. The van der Waals surface area contributed by atoms with E-state index in [1.165, 1.54) is 0 Å². The maximum absolute atomic E-state index is 10.6. The van der Waals surface area contributed by atoms with Crippen LogP contribution in [-0.2, 0) is 0 Å². The van der Waals surface area contributed by atoms with Gasteiger partial charge >= 0.3 is 0 Å². The number of β-amino-alcohol motifs (C(OH)–C–C–N with tert-alkyl or cyclic N) is 1. The van der Waals surface area contributed by atoms with Crippen LogP contribution >= 0.6 is 22.9 Å². The Balaban J connectivity index is 1.43. The molecule has 2 aliphatic rings. The molecule has 2 fully saturated rings. The zero-order valence-electron chi connectivity index (χ0n) is 13.7. The van der Waals surface area contributed by atoms with E-state index in [0.29, 0.717) is 6.54 Å².